The predicted molar refractivity (Wildman–Crippen MR) is 54.3 cm³/mol. The van der Waals surface area contributed by atoms with Crippen LogP contribution >= 0.6 is 0 Å². The van der Waals surface area contributed by atoms with Gasteiger partial charge in [-0.3, -0.25) is 0 Å². The quantitative estimate of drug-likeness (QED) is 0.728. The maximum Gasteiger partial charge on any atom is 0.0843 e. The van der Waals surface area contributed by atoms with Crippen LogP contribution in [0.25, 0.3) is 0 Å². The standard InChI is InChI=1S/C11H17NO/c1-8(12)9-6-4-5-7-10(9)11(2,3)13/h4-8,13H,12H2,1-3H3. The summed E-state index contributed by atoms with van der Waals surface area (Å²) >= 11 is 0. The molecule has 2 heteroatoms. The largest absolute Gasteiger partial charge is 0.386 e. The third-order valence-corrected chi connectivity index (χ3v) is 2.11. The molecule has 0 bridgehead atoms. The summed E-state index contributed by atoms with van der Waals surface area (Å²) in [6.07, 6.45) is 0. The topological polar surface area (TPSA) is 46.2 Å². The van der Waals surface area contributed by atoms with Gasteiger partial charge in [-0.05, 0) is 31.9 Å². The summed E-state index contributed by atoms with van der Waals surface area (Å²) in [6.45, 7) is 5.47. The Kier molecular flexibility index (Phi) is 2.74. The van der Waals surface area contributed by atoms with Crippen LogP contribution in [-0.4, -0.2) is 5.11 Å². The molecule has 0 spiro atoms. The van der Waals surface area contributed by atoms with Crippen LogP contribution in [-0.2, 0) is 5.60 Å². The number of hydrogen-bond donors (Lipinski definition) is 2. The van der Waals surface area contributed by atoms with Crippen molar-refractivity contribution in [1.29, 1.82) is 0 Å². The van der Waals surface area contributed by atoms with Gasteiger partial charge in [-0.15, -0.1) is 0 Å². The van der Waals surface area contributed by atoms with E-state index in [9.17, 15) is 5.11 Å². The summed E-state index contributed by atoms with van der Waals surface area (Å²) in [4.78, 5) is 0. The van der Waals surface area contributed by atoms with Crippen LogP contribution < -0.4 is 5.73 Å². The number of rotatable bonds is 2. The van der Waals surface area contributed by atoms with E-state index < -0.39 is 5.60 Å². The van der Waals surface area contributed by atoms with E-state index >= 15 is 0 Å². The highest BCUT2D eigenvalue weighted by Crippen LogP contribution is 2.26. The number of benzene rings is 1. The van der Waals surface area contributed by atoms with Crippen molar-refractivity contribution in [2.75, 3.05) is 0 Å². The number of aliphatic hydroxyl groups is 1. The Balaban J connectivity index is 3.20. The lowest BCUT2D eigenvalue weighted by Crippen LogP contribution is -2.20. The smallest absolute Gasteiger partial charge is 0.0843 e. The monoisotopic (exact) mass is 179 g/mol. The van der Waals surface area contributed by atoms with E-state index in [0.717, 1.165) is 11.1 Å². The predicted octanol–water partition coefficient (Wildman–Crippen LogP) is 1.93. The molecule has 0 aliphatic carbocycles. The molecule has 1 aromatic carbocycles. The molecular formula is C11H17NO. The van der Waals surface area contributed by atoms with Gasteiger partial charge in [0, 0.05) is 6.04 Å². The molecule has 0 heterocycles. The van der Waals surface area contributed by atoms with Crippen molar-refractivity contribution < 1.29 is 5.11 Å². The van der Waals surface area contributed by atoms with Crippen molar-refractivity contribution in [2.45, 2.75) is 32.4 Å². The van der Waals surface area contributed by atoms with Crippen molar-refractivity contribution in [3.05, 3.63) is 35.4 Å². The van der Waals surface area contributed by atoms with Crippen LogP contribution in [0.15, 0.2) is 24.3 Å². The van der Waals surface area contributed by atoms with E-state index in [0.29, 0.717) is 0 Å². The lowest BCUT2D eigenvalue weighted by atomic mass is 9.90. The summed E-state index contributed by atoms with van der Waals surface area (Å²) in [6, 6.07) is 7.69. The van der Waals surface area contributed by atoms with Crippen molar-refractivity contribution in [3.8, 4) is 0 Å². The number of nitrogens with two attached hydrogens (primary N) is 1. The highest BCUT2D eigenvalue weighted by atomic mass is 16.3. The molecule has 0 amide bonds. The van der Waals surface area contributed by atoms with Crippen LogP contribution in [0.4, 0.5) is 0 Å². The molecule has 0 saturated heterocycles. The maximum absolute atomic E-state index is 9.86. The lowest BCUT2D eigenvalue weighted by Gasteiger charge is -2.23. The van der Waals surface area contributed by atoms with Crippen LogP contribution in [0.2, 0.25) is 0 Å². The minimum atomic E-state index is -0.815. The molecule has 0 aliphatic heterocycles. The second kappa shape index (κ2) is 3.48. The Morgan fingerprint density at radius 1 is 1.31 bits per heavy atom. The molecule has 0 radical (unpaired) electrons. The average molecular weight is 179 g/mol. The molecule has 1 rings (SSSR count). The van der Waals surface area contributed by atoms with Gasteiger partial charge in [-0.25, -0.2) is 0 Å². The first kappa shape index (κ1) is 10.2. The molecule has 1 atom stereocenters. The highest BCUT2D eigenvalue weighted by molar-refractivity contribution is 5.33. The minimum Gasteiger partial charge on any atom is -0.386 e. The van der Waals surface area contributed by atoms with Crippen molar-refractivity contribution in [1.82, 2.24) is 0 Å². The maximum atomic E-state index is 9.86. The van der Waals surface area contributed by atoms with Gasteiger partial charge in [0.1, 0.15) is 0 Å². The van der Waals surface area contributed by atoms with Gasteiger partial charge in [0.15, 0.2) is 0 Å². The third-order valence-electron chi connectivity index (χ3n) is 2.11. The average Bonchev–Trinajstić information content (AvgIpc) is 2.03. The summed E-state index contributed by atoms with van der Waals surface area (Å²) in [5.41, 5.74) is 6.90. The van der Waals surface area contributed by atoms with Crippen molar-refractivity contribution in [3.63, 3.8) is 0 Å². The van der Waals surface area contributed by atoms with Gasteiger partial charge in [0.25, 0.3) is 0 Å². The molecule has 2 nitrogen and oxygen atoms in total. The Hall–Kier alpha value is -0.860. The lowest BCUT2D eigenvalue weighted by molar-refractivity contribution is 0.0773. The molecule has 1 unspecified atom stereocenters. The third kappa shape index (κ3) is 2.29. The van der Waals surface area contributed by atoms with Gasteiger partial charge in [-0.1, -0.05) is 24.3 Å². The van der Waals surface area contributed by atoms with E-state index in [-0.39, 0.29) is 6.04 Å². The van der Waals surface area contributed by atoms with Crippen LogP contribution in [0.1, 0.15) is 37.9 Å². The Morgan fingerprint density at radius 3 is 2.23 bits per heavy atom. The van der Waals surface area contributed by atoms with Gasteiger partial charge < -0.3 is 10.8 Å². The van der Waals surface area contributed by atoms with Crippen LogP contribution in [0, 0.1) is 0 Å². The molecular weight excluding hydrogens is 162 g/mol. The van der Waals surface area contributed by atoms with Crippen molar-refractivity contribution in [2.24, 2.45) is 5.73 Å². The molecule has 0 aliphatic rings. The molecule has 3 N–H and O–H groups in total. The highest BCUT2D eigenvalue weighted by Gasteiger charge is 2.20. The summed E-state index contributed by atoms with van der Waals surface area (Å²) < 4.78 is 0. The normalized spacial score (nSPS) is 14.2. The Labute approximate surface area is 79.4 Å². The Morgan fingerprint density at radius 2 is 1.85 bits per heavy atom. The summed E-state index contributed by atoms with van der Waals surface area (Å²) in [7, 11) is 0. The van der Waals surface area contributed by atoms with Gasteiger partial charge in [0.2, 0.25) is 0 Å². The SMILES string of the molecule is CC(N)c1ccccc1C(C)(C)O. The van der Waals surface area contributed by atoms with Crippen molar-refractivity contribution >= 4 is 0 Å². The van der Waals surface area contributed by atoms with E-state index in [1.807, 2.05) is 31.2 Å². The fourth-order valence-electron chi connectivity index (χ4n) is 1.45. The molecule has 13 heavy (non-hydrogen) atoms. The zero-order valence-corrected chi connectivity index (χ0v) is 8.41. The summed E-state index contributed by atoms with van der Waals surface area (Å²) in [5.74, 6) is 0. The molecule has 72 valence electrons. The second-order valence-corrected chi connectivity index (χ2v) is 3.93. The first-order chi connectivity index (χ1) is 5.93. The second-order valence-electron chi connectivity index (χ2n) is 3.93. The fraction of sp³-hybridized carbons (Fsp3) is 0.455. The Bertz CT molecular complexity index is 286. The zero-order chi connectivity index (χ0) is 10.1. The fourth-order valence-corrected chi connectivity index (χ4v) is 1.45. The van der Waals surface area contributed by atoms with Gasteiger partial charge in [-0.2, -0.15) is 0 Å². The van der Waals surface area contributed by atoms with E-state index in [1.54, 1.807) is 13.8 Å². The van der Waals surface area contributed by atoms with Gasteiger partial charge >= 0.3 is 0 Å². The molecule has 0 aromatic heterocycles. The number of hydrogen-bond acceptors (Lipinski definition) is 2. The first-order valence-corrected chi connectivity index (χ1v) is 4.50. The molecule has 0 saturated carbocycles. The van der Waals surface area contributed by atoms with Crippen LogP contribution in [0.5, 0.6) is 0 Å². The van der Waals surface area contributed by atoms with E-state index in [4.69, 9.17) is 5.73 Å². The minimum absolute atomic E-state index is 0.0392. The molecule has 1 aromatic rings. The van der Waals surface area contributed by atoms with Crippen LogP contribution in [0.3, 0.4) is 0 Å². The molecule has 0 fully saturated rings. The van der Waals surface area contributed by atoms with Gasteiger partial charge in [0.05, 0.1) is 5.60 Å². The van der Waals surface area contributed by atoms with E-state index in [2.05, 4.69) is 0 Å². The van der Waals surface area contributed by atoms with E-state index in [1.165, 1.54) is 0 Å². The first-order valence-electron chi connectivity index (χ1n) is 4.50. The zero-order valence-electron chi connectivity index (χ0n) is 8.41. The summed E-state index contributed by atoms with van der Waals surface area (Å²) in [5, 5.41) is 9.86.